The van der Waals surface area contributed by atoms with Crippen molar-refractivity contribution in [2.75, 3.05) is 25.6 Å². The Morgan fingerprint density at radius 1 is 1.26 bits per heavy atom. The van der Waals surface area contributed by atoms with Gasteiger partial charge >= 0.3 is 6.03 Å². The number of rotatable bonds is 4. The lowest BCUT2D eigenvalue weighted by Crippen LogP contribution is -2.33. The first-order valence-corrected chi connectivity index (χ1v) is 9.03. The molecule has 1 aliphatic rings. The van der Waals surface area contributed by atoms with Gasteiger partial charge in [-0.2, -0.15) is 0 Å². The van der Waals surface area contributed by atoms with Crippen LogP contribution in [0.4, 0.5) is 16.2 Å². The summed E-state index contributed by atoms with van der Waals surface area (Å²) in [4.78, 5) is 24.6. The third kappa shape index (κ3) is 4.13. The standard InChI is InChI=1S/C18H18BrN3O5/c1-11(12-4-3-5-13(8-12)22(24)25)21(2)18(23)20-15-10-17-16(9-14(15)19)26-6-7-27-17/h3-5,8-11H,6-7H2,1-2H3,(H,20,23). The van der Waals surface area contributed by atoms with E-state index in [4.69, 9.17) is 9.47 Å². The van der Waals surface area contributed by atoms with Gasteiger partial charge in [-0.15, -0.1) is 0 Å². The van der Waals surface area contributed by atoms with Gasteiger partial charge in [0.1, 0.15) is 13.2 Å². The van der Waals surface area contributed by atoms with Gasteiger partial charge in [0, 0.05) is 35.8 Å². The predicted octanol–water partition coefficient (Wildman–Crippen LogP) is 4.35. The summed E-state index contributed by atoms with van der Waals surface area (Å²) in [5.74, 6) is 1.18. The molecule has 1 aliphatic heterocycles. The molecule has 1 atom stereocenters. The van der Waals surface area contributed by atoms with Crippen LogP contribution in [0.3, 0.4) is 0 Å². The number of benzene rings is 2. The van der Waals surface area contributed by atoms with Crippen LogP contribution in [0.2, 0.25) is 0 Å². The zero-order valence-electron chi connectivity index (χ0n) is 14.8. The number of hydrogen-bond acceptors (Lipinski definition) is 5. The monoisotopic (exact) mass is 435 g/mol. The molecule has 27 heavy (non-hydrogen) atoms. The van der Waals surface area contributed by atoms with Crippen molar-refractivity contribution < 1.29 is 19.2 Å². The van der Waals surface area contributed by atoms with Gasteiger partial charge < -0.3 is 19.7 Å². The number of halogens is 1. The number of fused-ring (bicyclic) bond motifs is 1. The van der Waals surface area contributed by atoms with Gasteiger partial charge in [0.25, 0.3) is 5.69 Å². The van der Waals surface area contributed by atoms with Gasteiger partial charge in [0.05, 0.1) is 16.7 Å². The Morgan fingerprint density at radius 3 is 2.59 bits per heavy atom. The largest absolute Gasteiger partial charge is 0.486 e. The SMILES string of the molecule is CC(c1cccc([N+](=O)[O-])c1)N(C)C(=O)Nc1cc2c(cc1Br)OCCO2. The Balaban J connectivity index is 1.76. The van der Waals surface area contributed by atoms with Crippen LogP contribution in [0.25, 0.3) is 0 Å². The number of hydrogen-bond donors (Lipinski definition) is 1. The van der Waals surface area contributed by atoms with E-state index in [0.717, 1.165) is 0 Å². The molecule has 0 radical (unpaired) electrons. The Kier molecular flexibility index (Phi) is 5.50. The molecular weight excluding hydrogens is 418 g/mol. The smallest absolute Gasteiger partial charge is 0.322 e. The Labute approximate surface area is 164 Å². The molecule has 0 fully saturated rings. The molecule has 2 aromatic rings. The van der Waals surface area contributed by atoms with Crippen molar-refractivity contribution in [3.63, 3.8) is 0 Å². The van der Waals surface area contributed by atoms with Crippen molar-refractivity contribution in [2.24, 2.45) is 0 Å². The minimum Gasteiger partial charge on any atom is -0.486 e. The van der Waals surface area contributed by atoms with Crippen LogP contribution < -0.4 is 14.8 Å². The molecule has 8 nitrogen and oxygen atoms in total. The number of non-ortho nitro benzene ring substituents is 1. The topological polar surface area (TPSA) is 93.9 Å². The fourth-order valence-electron chi connectivity index (χ4n) is 2.66. The molecule has 0 saturated heterocycles. The highest BCUT2D eigenvalue weighted by Crippen LogP contribution is 2.38. The number of amides is 2. The first-order chi connectivity index (χ1) is 12.9. The minimum absolute atomic E-state index is 0.0114. The zero-order valence-corrected chi connectivity index (χ0v) is 16.4. The lowest BCUT2D eigenvalue weighted by Gasteiger charge is -2.26. The Bertz CT molecular complexity index is 889. The Hall–Kier alpha value is -2.81. The van der Waals surface area contributed by atoms with Gasteiger partial charge in [-0.1, -0.05) is 12.1 Å². The van der Waals surface area contributed by atoms with Crippen LogP contribution in [0.15, 0.2) is 40.9 Å². The fraction of sp³-hybridized carbons (Fsp3) is 0.278. The van der Waals surface area contributed by atoms with Crippen LogP contribution in [-0.2, 0) is 0 Å². The number of nitro groups is 1. The molecule has 142 valence electrons. The summed E-state index contributed by atoms with van der Waals surface area (Å²) in [6.45, 7) is 2.73. The first-order valence-electron chi connectivity index (χ1n) is 8.24. The average Bonchev–Trinajstić information content (AvgIpc) is 2.67. The van der Waals surface area contributed by atoms with E-state index in [1.54, 1.807) is 38.2 Å². The average molecular weight is 436 g/mol. The van der Waals surface area contributed by atoms with E-state index in [1.807, 2.05) is 0 Å². The fourth-order valence-corrected chi connectivity index (χ4v) is 3.08. The van der Waals surface area contributed by atoms with Crippen molar-refractivity contribution in [1.29, 1.82) is 0 Å². The maximum absolute atomic E-state index is 12.7. The second kappa shape index (κ2) is 7.83. The van der Waals surface area contributed by atoms with E-state index in [2.05, 4.69) is 21.2 Å². The summed E-state index contributed by atoms with van der Waals surface area (Å²) in [6.07, 6.45) is 0. The number of ether oxygens (including phenoxy) is 2. The zero-order chi connectivity index (χ0) is 19.6. The predicted molar refractivity (Wildman–Crippen MR) is 103 cm³/mol. The highest BCUT2D eigenvalue weighted by Gasteiger charge is 2.21. The number of nitrogens with one attached hydrogen (secondary N) is 1. The quantitative estimate of drug-likeness (QED) is 0.568. The molecule has 0 aromatic heterocycles. The lowest BCUT2D eigenvalue weighted by atomic mass is 10.1. The van der Waals surface area contributed by atoms with E-state index < -0.39 is 4.92 Å². The lowest BCUT2D eigenvalue weighted by molar-refractivity contribution is -0.384. The van der Waals surface area contributed by atoms with Crippen LogP contribution >= 0.6 is 15.9 Å². The van der Waals surface area contributed by atoms with Crippen molar-refractivity contribution in [1.82, 2.24) is 4.90 Å². The summed E-state index contributed by atoms with van der Waals surface area (Å²) in [5.41, 5.74) is 1.20. The summed E-state index contributed by atoms with van der Waals surface area (Å²) >= 11 is 3.42. The van der Waals surface area contributed by atoms with Crippen molar-refractivity contribution >= 4 is 33.3 Å². The van der Waals surface area contributed by atoms with E-state index in [1.165, 1.54) is 17.0 Å². The van der Waals surface area contributed by atoms with Gasteiger partial charge in [-0.05, 0) is 28.4 Å². The molecular formula is C18H18BrN3O5. The summed E-state index contributed by atoms with van der Waals surface area (Å²) in [6, 6.07) is 8.97. The molecule has 2 amide bonds. The molecule has 0 saturated carbocycles. The number of carbonyl (C=O) groups excluding carboxylic acids is 1. The van der Waals surface area contributed by atoms with E-state index >= 15 is 0 Å². The highest BCUT2D eigenvalue weighted by atomic mass is 79.9. The first kappa shape index (κ1) is 19.0. The van der Waals surface area contributed by atoms with Crippen molar-refractivity contribution in [3.8, 4) is 11.5 Å². The third-order valence-corrected chi connectivity index (χ3v) is 4.99. The van der Waals surface area contributed by atoms with Crippen LogP contribution in [-0.4, -0.2) is 36.1 Å². The van der Waals surface area contributed by atoms with Gasteiger partial charge in [-0.3, -0.25) is 10.1 Å². The molecule has 1 N–H and O–H groups in total. The van der Waals surface area contributed by atoms with Crippen LogP contribution in [0, 0.1) is 10.1 Å². The number of nitrogens with zero attached hydrogens (tertiary/aromatic N) is 2. The van der Waals surface area contributed by atoms with Gasteiger partial charge in [-0.25, -0.2) is 4.79 Å². The molecule has 0 bridgehead atoms. The number of carbonyl (C=O) groups is 1. The van der Waals surface area contributed by atoms with Crippen LogP contribution in [0.1, 0.15) is 18.5 Å². The molecule has 0 aliphatic carbocycles. The maximum atomic E-state index is 12.7. The molecule has 3 rings (SSSR count). The minimum atomic E-state index is -0.456. The third-order valence-electron chi connectivity index (χ3n) is 4.34. The highest BCUT2D eigenvalue weighted by molar-refractivity contribution is 9.10. The van der Waals surface area contributed by atoms with Crippen molar-refractivity contribution in [2.45, 2.75) is 13.0 Å². The van der Waals surface area contributed by atoms with Gasteiger partial charge in [0.15, 0.2) is 11.5 Å². The second-order valence-corrected chi connectivity index (χ2v) is 6.90. The summed E-state index contributed by atoms with van der Waals surface area (Å²) in [5, 5.41) is 13.8. The summed E-state index contributed by atoms with van der Waals surface area (Å²) in [7, 11) is 1.63. The molecule has 9 heteroatoms. The normalized spacial score (nSPS) is 13.6. The second-order valence-electron chi connectivity index (χ2n) is 6.04. The number of urea groups is 1. The molecule has 1 unspecified atom stereocenters. The number of anilines is 1. The molecule has 1 heterocycles. The summed E-state index contributed by atoms with van der Waals surface area (Å²) < 4.78 is 11.7. The van der Waals surface area contributed by atoms with Crippen LogP contribution in [0.5, 0.6) is 11.5 Å². The van der Waals surface area contributed by atoms with Gasteiger partial charge in [0.2, 0.25) is 0 Å². The molecule has 2 aromatic carbocycles. The maximum Gasteiger partial charge on any atom is 0.322 e. The Morgan fingerprint density at radius 2 is 1.93 bits per heavy atom. The van der Waals surface area contributed by atoms with E-state index in [-0.39, 0.29) is 17.8 Å². The molecule has 0 spiro atoms. The van der Waals surface area contributed by atoms with E-state index in [9.17, 15) is 14.9 Å². The number of nitro benzene ring substituents is 1. The van der Waals surface area contributed by atoms with E-state index in [0.29, 0.717) is 40.4 Å². The van der Waals surface area contributed by atoms with Crippen molar-refractivity contribution in [3.05, 3.63) is 56.5 Å².